The Morgan fingerprint density at radius 3 is 2.33 bits per heavy atom. The van der Waals surface area contributed by atoms with Crippen LogP contribution in [0.15, 0.2) is 47.5 Å². The predicted octanol–water partition coefficient (Wildman–Crippen LogP) is 4.68. The fraction of sp³-hybridized carbons (Fsp3) is 0.368. The van der Waals surface area contributed by atoms with E-state index in [1.165, 1.54) is 6.07 Å². The second-order valence-corrected chi connectivity index (χ2v) is 7.26. The standard InChI is InChI=1S/C19H20F3N3OS/c1-27-16-5-3-15(4-6-16)24-18(26)13-8-10-25(11-9-13)17-7-2-14(12-23-17)19(20,21)22/h2-7,12-13H,8-11H2,1H3,(H,24,26). The molecule has 3 rings (SSSR count). The number of hydrogen-bond donors (Lipinski definition) is 1. The molecule has 0 unspecified atom stereocenters. The number of halogens is 3. The topological polar surface area (TPSA) is 45.2 Å². The highest BCUT2D eigenvalue weighted by Gasteiger charge is 2.31. The molecule has 2 aromatic rings. The van der Waals surface area contributed by atoms with Gasteiger partial charge in [0.2, 0.25) is 5.91 Å². The van der Waals surface area contributed by atoms with Gasteiger partial charge in [0.05, 0.1) is 5.56 Å². The first-order valence-electron chi connectivity index (χ1n) is 8.60. The van der Waals surface area contributed by atoms with E-state index in [0.717, 1.165) is 22.8 Å². The van der Waals surface area contributed by atoms with E-state index < -0.39 is 11.7 Å². The van der Waals surface area contributed by atoms with Gasteiger partial charge >= 0.3 is 6.18 Å². The number of anilines is 2. The van der Waals surface area contributed by atoms with Gasteiger partial charge in [0.25, 0.3) is 0 Å². The quantitative estimate of drug-likeness (QED) is 0.764. The number of carbonyl (C=O) groups is 1. The van der Waals surface area contributed by atoms with Crippen LogP contribution in [0.2, 0.25) is 0 Å². The highest BCUT2D eigenvalue weighted by Crippen LogP contribution is 2.30. The van der Waals surface area contributed by atoms with Gasteiger partial charge in [0.15, 0.2) is 0 Å². The zero-order chi connectivity index (χ0) is 19.4. The number of rotatable bonds is 4. The van der Waals surface area contributed by atoms with Gasteiger partial charge in [-0.05, 0) is 55.5 Å². The summed E-state index contributed by atoms with van der Waals surface area (Å²) in [6.45, 7) is 1.17. The summed E-state index contributed by atoms with van der Waals surface area (Å²) in [7, 11) is 0. The monoisotopic (exact) mass is 395 g/mol. The number of pyridine rings is 1. The number of hydrogen-bond acceptors (Lipinski definition) is 4. The van der Waals surface area contributed by atoms with Crippen LogP contribution in [0.1, 0.15) is 18.4 Å². The molecular weight excluding hydrogens is 375 g/mol. The summed E-state index contributed by atoms with van der Waals surface area (Å²) in [6.07, 6.45) is -0.265. The van der Waals surface area contributed by atoms with Gasteiger partial charge in [-0.15, -0.1) is 11.8 Å². The molecule has 1 fully saturated rings. The molecular formula is C19H20F3N3OS. The fourth-order valence-corrected chi connectivity index (χ4v) is 3.44. The first-order chi connectivity index (χ1) is 12.9. The second kappa shape index (κ2) is 8.21. The number of alkyl halides is 3. The van der Waals surface area contributed by atoms with Crippen LogP contribution < -0.4 is 10.2 Å². The fourth-order valence-electron chi connectivity index (χ4n) is 3.03. The van der Waals surface area contributed by atoms with E-state index in [2.05, 4.69) is 10.3 Å². The molecule has 1 N–H and O–H groups in total. The van der Waals surface area contributed by atoms with E-state index in [0.29, 0.717) is 31.7 Å². The Kier molecular flexibility index (Phi) is 5.94. The molecule has 0 spiro atoms. The Labute approximate surface area is 160 Å². The van der Waals surface area contributed by atoms with Crippen molar-refractivity contribution in [3.63, 3.8) is 0 Å². The average Bonchev–Trinajstić information content (AvgIpc) is 2.68. The summed E-state index contributed by atoms with van der Waals surface area (Å²) in [5.74, 6) is 0.373. The molecule has 1 amide bonds. The van der Waals surface area contributed by atoms with Crippen LogP contribution in [0.25, 0.3) is 0 Å². The molecule has 1 aliphatic rings. The molecule has 0 radical (unpaired) electrons. The third kappa shape index (κ3) is 4.94. The lowest BCUT2D eigenvalue weighted by molar-refractivity contribution is -0.137. The van der Waals surface area contributed by atoms with E-state index >= 15 is 0 Å². The molecule has 0 saturated carbocycles. The Bertz CT molecular complexity index is 770. The van der Waals surface area contributed by atoms with Gasteiger partial charge in [-0.25, -0.2) is 4.98 Å². The normalized spacial score (nSPS) is 15.6. The van der Waals surface area contributed by atoms with Crippen molar-refractivity contribution in [3.8, 4) is 0 Å². The lowest BCUT2D eigenvalue weighted by Crippen LogP contribution is -2.38. The zero-order valence-corrected chi connectivity index (χ0v) is 15.6. The molecule has 2 heterocycles. The highest BCUT2D eigenvalue weighted by atomic mass is 32.2. The molecule has 144 valence electrons. The minimum atomic E-state index is -4.38. The number of benzene rings is 1. The second-order valence-electron chi connectivity index (χ2n) is 6.38. The van der Waals surface area contributed by atoms with E-state index in [9.17, 15) is 18.0 Å². The summed E-state index contributed by atoms with van der Waals surface area (Å²) >= 11 is 1.64. The van der Waals surface area contributed by atoms with Crippen molar-refractivity contribution in [3.05, 3.63) is 48.2 Å². The lowest BCUT2D eigenvalue weighted by Gasteiger charge is -2.32. The molecule has 1 saturated heterocycles. The van der Waals surface area contributed by atoms with E-state index in [-0.39, 0.29) is 11.8 Å². The average molecular weight is 395 g/mol. The Morgan fingerprint density at radius 1 is 1.15 bits per heavy atom. The van der Waals surface area contributed by atoms with E-state index in [1.54, 1.807) is 11.8 Å². The van der Waals surface area contributed by atoms with Gasteiger partial charge in [0, 0.05) is 35.8 Å². The number of nitrogens with one attached hydrogen (secondary N) is 1. The minimum absolute atomic E-state index is 0.0214. The van der Waals surface area contributed by atoms with Crippen molar-refractivity contribution < 1.29 is 18.0 Å². The van der Waals surface area contributed by atoms with Crippen LogP contribution in [-0.2, 0) is 11.0 Å². The Morgan fingerprint density at radius 2 is 1.81 bits per heavy atom. The van der Waals surface area contributed by atoms with Crippen molar-refractivity contribution in [2.75, 3.05) is 29.6 Å². The first-order valence-corrected chi connectivity index (χ1v) is 9.82. The number of nitrogens with zero attached hydrogens (tertiary/aromatic N) is 2. The van der Waals surface area contributed by atoms with Crippen molar-refractivity contribution in [2.45, 2.75) is 23.9 Å². The van der Waals surface area contributed by atoms with Crippen molar-refractivity contribution in [1.82, 2.24) is 4.98 Å². The molecule has 0 atom stereocenters. The molecule has 0 aliphatic carbocycles. The summed E-state index contributed by atoms with van der Waals surface area (Å²) in [6, 6.07) is 10.1. The number of piperidine rings is 1. The van der Waals surface area contributed by atoms with Crippen LogP contribution in [0, 0.1) is 5.92 Å². The Hall–Kier alpha value is -2.22. The third-order valence-electron chi connectivity index (χ3n) is 4.62. The maximum absolute atomic E-state index is 12.6. The van der Waals surface area contributed by atoms with Gasteiger partial charge in [-0.2, -0.15) is 13.2 Å². The smallest absolute Gasteiger partial charge is 0.357 e. The lowest BCUT2D eigenvalue weighted by atomic mass is 9.95. The molecule has 1 aliphatic heterocycles. The van der Waals surface area contributed by atoms with Crippen LogP contribution in [0.5, 0.6) is 0 Å². The maximum Gasteiger partial charge on any atom is 0.417 e. The van der Waals surface area contributed by atoms with Crippen molar-refractivity contribution >= 4 is 29.2 Å². The highest BCUT2D eigenvalue weighted by molar-refractivity contribution is 7.98. The van der Waals surface area contributed by atoms with Crippen molar-refractivity contribution in [1.29, 1.82) is 0 Å². The third-order valence-corrected chi connectivity index (χ3v) is 5.37. The maximum atomic E-state index is 12.6. The first kappa shape index (κ1) is 19.5. The summed E-state index contributed by atoms with van der Waals surface area (Å²) in [5.41, 5.74) is 0.0117. The van der Waals surface area contributed by atoms with Gasteiger partial charge in [-0.3, -0.25) is 4.79 Å². The number of aromatic nitrogens is 1. The molecule has 4 nitrogen and oxygen atoms in total. The summed E-state index contributed by atoms with van der Waals surface area (Å²) in [5, 5.41) is 2.93. The van der Waals surface area contributed by atoms with Crippen LogP contribution in [-0.4, -0.2) is 30.2 Å². The SMILES string of the molecule is CSc1ccc(NC(=O)C2CCN(c3ccc(C(F)(F)F)cn3)CC2)cc1. The van der Waals surface area contributed by atoms with Crippen molar-refractivity contribution in [2.24, 2.45) is 5.92 Å². The van der Waals surface area contributed by atoms with Crippen LogP contribution >= 0.6 is 11.8 Å². The van der Waals surface area contributed by atoms with E-state index in [4.69, 9.17) is 0 Å². The predicted molar refractivity (Wildman–Crippen MR) is 101 cm³/mol. The number of thioether (sulfide) groups is 1. The molecule has 27 heavy (non-hydrogen) atoms. The molecule has 8 heteroatoms. The molecule has 0 bridgehead atoms. The van der Waals surface area contributed by atoms with Crippen LogP contribution in [0.4, 0.5) is 24.7 Å². The Balaban J connectivity index is 1.54. The molecule has 1 aromatic heterocycles. The van der Waals surface area contributed by atoms with Gasteiger partial charge in [-0.1, -0.05) is 0 Å². The number of carbonyl (C=O) groups excluding carboxylic acids is 1. The summed E-state index contributed by atoms with van der Waals surface area (Å²) < 4.78 is 37.9. The molecule has 1 aromatic carbocycles. The van der Waals surface area contributed by atoms with Crippen LogP contribution in [0.3, 0.4) is 0 Å². The van der Waals surface area contributed by atoms with Gasteiger partial charge in [0.1, 0.15) is 5.82 Å². The summed E-state index contributed by atoms with van der Waals surface area (Å²) in [4.78, 5) is 19.4. The van der Waals surface area contributed by atoms with E-state index in [1.807, 2.05) is 35.4 Å². The largest absolute Gasteiger partial charge is 0.417 e. The van der Waals surface area contributed by atoms with Gasteiger partial charge < -0.3 is 10.2 Å². The minimum Gasteiger partial charge on any atom is -0.357 e. The number of amides is 1. The zero-order valence-electron chi connectivity index (χ0n) is 14.8.